The van der Waals surface area contributed by atoms with Crippen LogP contribution in [0.25, 0.3) is 0 Å². The fraction of sp³-hybridized carbons (Fsp3) is 0.600. The third-order valence-electron chi connectivity index (χ3n) is 4.44. The van der Waals surface area contributed by atoms with Crippen LogP contribution < -0.4 is 5.73 Å². The van der Waals surface area contributed by atoms with Crippen LogP contribution in [0.3, 0.4) is 0 Å². The SMILES string of the molecule is CC(C)C1CC(CN)(c2cccc(C(F)(F)F)c2)C1. The minimum absolute atomic E-state index is 0.254. The Bertz CT molecular complexity index is 445. The molecular weight excluding hydrogens is 251 g/mol. The van der Waals surface area contributed by atoms with Gasteiger partial charge in [0.1, 0.15) is 0 Å². The van der Waals surface area contributed by atoms with Crippen LogP contribution in [-0.4, -0.2) is 6.54 Å². The lowest BCUT2D eigenvalue weighted by atomic mass is 9.56. The van der Waals surface area contributed by atoms with Gasteiger partial charge in [-0.05, 0) is 36.3 Å². The minimum atomic E-state index is -4.28. The van der Waals surface area contributed by atoms with Crippen molar-refractivity contribution in [3.05, 3.63) is 35.4 Å². The maximum Gasteiger partial charge on any atom is 0.416 e. The van der Waals surface area contributed by atoms with Crippen molar-refractivity contribution >= 4 is 0 Å². The van der Waals surface area contributed by atoms with Crippen molar-refractivity contribution in [1.82, 2.24) is 0 Å². The largest absolute Gasteiger partial charge is 0.416 e. The molecule has 1 aliphatic carbocycles. The quantitative estimate of drug-likeness (QED) is 0.884. The molecule has 2 rings (SSSR count). The van der Waals surface area contributed by atoms with Crippen molar-refractivity contribution in [1.29, 1.82) is 0 Å². The molecule has 0 amide bonds. The fourth-order valence-electron chi connectivity index (χ4n) is 2.96. The highest BCUT2D eigenvalue weighted by Crippen LogP contribution is 2.50. The summed E-state index contributed by atoms with van der Waals surface area (Å²) >= 11 is 0. The molecule has 1 nitrogen and oxygen atoms in total. The maximum absolute atomic E-state index is 12.8. The number of benzene rings is 1. The first kappa shape index (κ1) is 14.4. The Kier molecular flexibility index (Phi) is 3.65. The Labute approximate surface area is 112 Å². The molecule has 19 heavy (non-hydrogen) atoms. The molecule has 106 valence electrons. The highest BCUT2D eigenvalue weighted by atomic mass is 19.4. The second kappa shape index (κ2) is 4.82. The number of alkyl halides is 3. The zero-order valence-corrected chi connectivity index (χ0v) is 11.3. The molecule has 0 aliphatic heterocycles. The van der Waals surface area contributed by atoms with Gasteiger partial charge in [0, 0.05) is 12.0 Å². The van der Waals surface area contributed by atoms with E-state index in [9.17, 15) is 13.2 Å². The van der Waals surface area contributed by atoms with Crippen LogP contribution in [0.4, 0.5) is 13.2 Å². The number of halogens is 3. The van der Waals surface area contributed by atoms with Crippen LogP contribution in [0.5, 0.6) is 0 Å². The molecule has 0 saturated heterocycles. The average Bonchev–Trinajstić information content (AvgIpc) is 2.27. The zero-order valence-electron chi connectivity index (χ0n) is 11.3. The molecule has 2 N–H and O–H groups in total. The molecule has 0 heterocycles. The minimum Gasteiger partial charge on any atom is -0.330 e. The van der Waals surface area contributed by atoms with E-state index in [1.807, 2.05) is 0 Å². The van der Waals surface area contributed by atoms with Gasteiger partial charge in [-0.2, -0.15) is 13.2 Å². The molecule has 0 spiro atoms. The van der Waals surface area contributed by atoms with Crippen molar-refractivity contribution in [2.75, 3.05) is 6.54 Å². The molecule has 1 fully saturated rings. The molecule has 1 aromatic carbocycles. The van der Waals surface area contributed by atoms with Crippen molar-refractivity contribution in [2.45, 2.75) is 38.3 Å². The molecule has 0 atom stereocenters. The zero-order chi connectivity index (χ0) is 14.3. The van der Waals surface area contributed by atoms with E-state index in [-0.39, 0.29) is 5.41 Å². The Morgan fingerprint density at radius 3 is 2.42 bits per heavy atom. The fourth-order valence-corrected chi connectivity index (χ4v) is 2.96. The molecular formula is C15H20F3N. The Morgan fingerprint density at radius 2 is 1.95 bits per heavy atom. The van der Waals surface area contributed by atoms with E-state index in [2.05, 4.69) is 13.8 Å². The summed E-state index contributed by atoms with van der Waals surface area (Å²) in [6.07, 6.45) is -2.50. The predicted molar refractivity (Wildman–Crippen MR) is 69.7 cm³/mol. The predicted octanol–water partition coefficient (Wildman–Crippen LogP) is 3.97. The van der Waals surface area contributed by atoms with Gasteiger partial charge in [0.15, 0.2) is 0 Å². The summed E-state index contributed by atoms with van der Waals surface area (Å²) in [5.41, 5.74) is 5.75. The van der Waals surface area contributed by atoms with Gasteiger partial charge in [-0.15, -0.1) is 0 Å². The van der Waals surface area contributed by atoms with E-state index in [0.717, 1.165) is 24.5 Å². The van der Waals surface area contributed by atoms with Crippen LogP contribution in [0.15, 0.2) is 24.3 Å². The second-order valence-corrected chi connectivity index (χ2v) is 5.98. The van der Waals surface area contributed by atoms with Gasteiger partial charge < -0.3 is 5.73 Å². The lowest BCUT2D eigenvalue weighted by Gasteiger charge is -2.49. The third kappa shape index (κ3) is 2.64. The van der Waals surface area contributed by atoms with Crippen molar-refractivity contribution in [2.24, 2.45) is 17.6 Å². The molecule has 0 unspecified atom stereocenters. The highest BCUT2D eigenvalue weighted by Gasteiger charge is 2.46. The summed E-state index contributed by atoms with van der Waals surface area (Å²) in [4.78, 5) is 0. The van der Waals surface area contributed by atoms with Crippen molar-refractivity contribution in [3.8, 4) is 0 Å². The van der Waals surface area contributed by atoms with Crippen LogP contribution >= 0.6 is 0 Å². The topological polar surface area (TPSA) is 26.0 Å². The molecule has 4 heteroatoms. The summed E-state index contributed by atoms with van der Waals surface area (Å²) in [6, 6.07) is 5.65. The summed E-state index contributed by atoms with van der Waals surface area (Å²) in [6.45, 7) is 4.71. The van der Waals surface area contributed by atoms with E-state index < -0.39 is 11.7 Å². The van der Waals surface area contributed by atoms with Gasteiger partial charge in [0.2, 0.25) is 0 Å². The van der Waals surface area contributed by atoms with Crippen LogP contribution in [0, 0.1) is 11.8 Å². The molecule has 0 aromatic heterocycles. The number of rotatable bonds is 3. The van der Waals surface area contributed by atoms with E-state index >= 15 is 0 Å². The van der Waals surface area contributed by atoms with Gasteiger partial charge in [-0.25, -0.2) is 0 Å². The number of hydrogen-bond acceptors (Lipinski definition) is 1. The van der Waals surface area contributed by atoms with Crippen molar-refractivity contribution in [3.63, 3.8) is 0 Å². The Balaban J connectivity index is 2.26. The molecule has 1 aliphatic rings. The summed E-state index contributed by atoms with van der Waals surface area (Å²) in [7, 11) is 0. The van der Waals surface area contributed by atoms with E-state index in [0.29, 0.717) is 18.4 Å². The van der Waals surface area contributed by atoms with Gasteiger partial charge in [-0.1, -0.05) is 32.0 Å². The third-order valence-corrected chi connectivity index (χ3v) is 4.44. The summed E-state index contributed by atoms with van der Waals surface area (Å²) < 4.78 is 38.3. The smallest absolute Gasteiger partial charge is 0.330 e. The van der Waals surface area contributed by atoms with Crippen molar-refractivity contribution < 1.29 is 13.2 Å². The van der Waals surface area contributed by atoms with E-state index in [1.165, 1.54) is 12.1 Å². The average molecular weight is 271 g/mol. The monoisotopic (exact) mass is 271 g/mol. The molecule has 1 saturated carbocycles. The first-order valence-electron chi connectivity index (χ1n) is 6.66. The normalized spacial score (nSPS) is 27.4. The summed E-state index contributed by atoms with van der Waals surface area (Å²) in [5, 5.41) is 0. The first-order valence-corrected chi connectivity index (χ1v) is 6.66. The van der Waals surface area contributed by atoms with Crippen LogP contribution in [0.1, 0.15) is 37.8 Å². The van der Waals surface area contributed by atoms with Gasteiger partial charge in [0.25, 0.3) is 0 Å². The first-order chi connectivity index (χ1) is 8.78. The van der Waals surface area contributed by atoms with Gasteiger partial charge >= 0.3 is 6.18 Å². The van der Waals surface area contributed by atoms with E-state index in [1.54, 1.807) is 6.07 Å². The van der Waals surface area contributed by atoms with Crippen LogP contribution in [-0.2, 0) is 11.6 Å². The standard InChI is InChI=1S/C15H20F3N/c1-10(2)11-7-14(8-11,9-19)12-4-3-5-13(6-12)15(16,17)18/h3-6,10-11H,7-9,19H2,1-2H3. The Hall–Kier alpha value is -1.03. The molecule has 0 radical (unpaired) electrons. The highest BCUT2D eigenvalue weighted by molar-refractivity contribution is 5.34. The van der Waals surface area contributed by atoms with E-state index in [4.69, 9.17) is 5.73 Å². The lowest BCUT2D eigenvalue weighted by molar-refractivity contribution is -0.137. The number of nitrogens with two attached hydrogens (primary N) is 1. The van der Waals surface area contributed by atoms with Gasteiger partial charge in [0.05, 0.1) is 5.56 Å². The second-order valence-electron chi connectivity index (χ2n) is 5.98. The Morgan fingerprint density at radius 1 is 1.32 bits per heavy atom. The maximum atomic E-state index is 12.8. The van der Waals surface area contributed by atoms with Crippen LogP contribution in [0.2, 0.25) is 0 Å². The van der Waals surface area contributed by atoms with Gasteiger partial charge in [-0.3, -0.25) is 0 Å². The summed E-state index contributed by atoms with van der Waals surface area (Å²) in [5.74, 6) is 1.13. The number of hydrogen-bond donors (Lipinski definition) is 1. The molecule has 0 bridgehead atoms. The molecule has 1 aromatic rings. The lowest BCUT2D eigenvalue weighted by Crippen LogP contribution is -2.48.